The predicted molar refractivity (Wildman–Crippen MR) is 66.1 cm³/mol. The quantitative estimate of drug-likeness (QED) is 0.805. The van der Waals surface area contributed by atoms with Gasteiger partial charge in [-0.25, -0.2) is 0 Å². The lowest BCUT2D eigenvalue weighted by Gasteiger charge is -2.05. The molecule has 2 nitrogen and oxygen atoms in total. The van der Waals surface area contributed by atoms with Gasteiger partial charge in [0, 0.05) is 9.85 Å². The summed E-state index contributed by atoms with van der Waals surface area (Å²) in [5.74, 6) is 0.796. The smallest absolute Gasteiger partial charge is 0.280 e. The summed E-state index contributed by atoms with van der Waals surface area (Å²) >= 11 is 10.5. The summed E-state index contributed by atoms with van der Waals surface area (Å²) in [4.78, 5) is 4.02. The van der Waals surface area contributed by atoms with Gasteiger partial charge in [0.05, 0.1) is 0 Å². The predicted octanol–water partition coefficient (Wildman–Crippen LogP) is 4.66. The lowest BCUT2D eigenvalue weighted by atomic mass is 10.2. The minimum Gasteiger partial charge on any atom is -0.431 e. The molecule has 5 heteroatoms. The van der Waals surface area contributed by atoms with Crippen molar-refractivity contribution in [3.8, 4) is 10.9 Å². The van der Waals surface area contributed by atoms with Crippen molar-refractivity contribution in [1.29, 1.82) is 0 Å². The summed E-state index contributed by atoms with van der Waals surface area (Å²) in [6.07, 6.45) is 0. The molecule has 0 aliphatic rings. The number of benzene rings is 1. The molecule has 15 heavy (non-hydrogen) atoms. The van der Waals surface area contributed by atoms with E-state index < -0.39 is 0 Å². The highest BCUT2D eigenvalue weighted by Gasteiger charge is 2.05. The lowest BCUT2D eigenvalue weighted by Crippen LogP contribution is -1.86. The molecular formula is C10H7BrClNOS. The first-order chi connectivity index (χ1) is 7.15. The Morgan fingerprint density at radius 2 is 2.27 bits per heavy atom. The third-order valence-electron chi connectivity index (χ3n) is 1.79. The maximum Gasteiger partial charge on any atom is 0.280 e. The van der Waals surface area contributed by atoms with Crippen molar-refractivity contribution in [3.05, 3.63) is 38.8 Å². The SMILES string of the molecule is Cc1cc(Br)ccc1Oc1nc(Cl)cs1. The fourth-order valence-corrected chi connectivity index (χ4v) is 2.38. The summed E-state index contributed by atoms with van der Waals surface area (Å²) in [6, 6.07) is 5.82. The Labute approximate surface area is 105 Å². The van der Waals surface area contributed by atoms with Crippen LogP contribution in [0.2, 0.25) is 5.15 Å². The molecule has 0 amide bonds. The molecule has 2 aromatic rings. The third-order valence-corrected chi connectivity index (χ3v) is 3.32. The Kier molecular flexibility index (Phi) is 3.29. The molecule has 0 saturated heterocycles. The number of hydrogen-bond acceptors (Lipinski definition) is 3. The largest absolute Gasteiger partial charge is 0.431 e. The van der Waals surface area contributed by atoms with Gasteiger partial charge in [-0.1, -0.05) is 38.9 Å². The molecule has 0 bridgehead atoms. The van der Waals surface area contributed by atoms with E-state index >= 15 is 0 Å². The first-order valence-electron chi connectivity index (χ1n) is 4.20. The van der Waals surface area contributed by atoms with Crippen molar-refractivity contribution in [3.63, 3.8) is 0 Å². The molecule has 0 fully saturated rings. The van der Waals surface area contributed by atoms with Crippen molar-refractivity contribution in [1.82, 2.24) is 4.98 Å². The zero-order valence-corrected chi connectivity index (χ0v) is 11.0. The van der Waals surface area contributed by atoms with Crippen LogP contribution in [0.1, 0.15) is 5.56 Å². The highest BCUT2D eigenvalue weighted by molar-refractivity contribution is 9.10. The number of aryl methyl sites for hydroxylation is 1. The van der Waals surface area contributed by atoms with Crippen LogP contribution >= 0.6 is 38.9 Å². The Hall–Kier alpha value is -0.580. The molecule has 1 aromatic carbocycles. The Morgan fingerprint density at radius 3 is 2.87 bits per heavy atom. The van der Waals surface area contributed by atoms with Crippen LogP contribution in [0, 0.1) is 6.92 Å². The topological polar surface area (TPSA) is 22.1 Å². The summed E-state index contributed by atoms with van der Waals surface area (Å²) in [5.41, 5.74) is 1.05. The molecule has 2 rings (SSSR count). The van der Waals surface area contributed by atoms with Crippen LogP contribution in [-0.4, -0.2) is 4.98 Å². The molecule has 78 valence electrons. The second-order valence-electron chi connectivity index (χ2n) is 2.95. The number of halogens is 2. The molecule has 1 heterocycles. The molecule has 0 aliphatic heterocycles. The second kappa shape index (κ2) is 4.51. The molecule has 0 spiro atoms. The first-order valence-corrected chi connectivity index (χ1v) is 6.25. The maximum absolute atomic E-state index is 5.70. The van der Waals surface area contributed by atoms with Gasteiger partial charge in [0.25, 0.3) is 5.19 Å². The van der Waals surface area contributed by atoms with Gasteiger partial charge in [0.2, 0.25) is 0 Å². The summed E-state index contributed by atoms with van der Waals surface area (Å²) in [7, 11) is 0. The molecule has 0 unspecified atom stereocenters. The van der Waals surface area contributed by atoms with Crippen LogP contribution in [-0.2, 0) is 0 Å². The van der Waals surface area contributed by atoms with Crippen molar-refractivity contribution < 1.29 is 4.74 Å². The normalized spacial score (nSPS) is 10.3. The Balaban J connectivity index is 2.24. The number of ether oxygens (including phenoxy) is 1. The molecule has 0 radical (unpaired) electrons. The number of thiazole rings is 1. The van der Waals surface area contributed by atoms with Crippen molar-refractivity contribution in [2.75, 3.05) is 0 Å². The van der Waals surface area contributed by atoms with E-state index in [9.17, 15) is 0 Å². The van der Waals surface area contributed by atoms with Crippen molar-refractivity contribution >= 4 is 38.9 Å². The van der Waals surface area contributed by atoms with Gasteiger partial charge in [0.1, 0.15) is 10.9 Å². The first kappa shape index (κ1) is 10.9. The van der Waals surface area contributed by atoms with Crippen LogP contribution in [0.4, 0.5) is 0 Å². The van der Waals surface area contributed by atoms with Gasteiger partial charge in [-0.05, 0) is 30.7 Å². The zero-order valence-electron chi connectivity index (χ0n) is 7.83. The van der Waals surface area contributed by atoms with Gasteiger partial charge < -0.3 is 4.74 Å². The summed E-state index contributed by atoms with van der Waals surface area (Å²) in [6.45, 7) is 1.98. The highest BCUT2D eigenvalue weighted by Crippen LogP contribution is 2.30. The van der Waals surface area contributed by atoms with Crippen molar-refractivity contribution in [2.24, 2.45) is 0 Å². The van der Waals surface area contributed by atoms with Crippen LogP contribution in [0.15, 0.2) is 28.1 Å². The average Bonchev–Trinajstić information content (AvgIpc) is 2.56. The standard InChI is InChI=1S/C10H7BrClNOS/c1-6-4-7(11)2-3-8(6)14-10-13-9(12)5-15-10/h2-5H,1H3. The van der Waals surface area contributed by atoms with Gasteiger partial charge in [-0.15, -0.1) is 0 Å². The maximum atomic E-state index is 5.70. The van der Waals surface area contributed by atoms with Gasteiger partial charge in [-0.3, -0.25) is 0 Å². The summed E-state index contributed by atoms with van der Waals surface area (Å²) < 4.78 is 6.62. The van der Waals surface area contributed by atoms with E-state index in [2.05, 4.69) is 20.9 Å². The van der Waals surface area contributed by atoms with Crippen LogP contribution in [0.5, 0.6) is 10.9 Å². The molecule has 0 saturated carbocycles. The van der Waals surface area contributed by atoms with Gasteiger partial charge >= 0.3 is 0 Å². The van der Waals surface area contributed by atoms with E-state index in [4.69, 9.17) is 16.3 Å². The van der Waals surface area contributed by atoms with E-state index in [0.29, 0.717) is 10.3 Å². The third kappa shape index (κ3) is 2.71. The summed E-state index contributed by atoms with van der Waals surface area (Å²) in [5, 5.41) is 2.76. The lowest BCUT2D eigenvalue weighted by molar-refractivity contribution is 0.475. The number of hydrogen-bond donors (Lipinski definition) is 0. The Bertz CT molecular complexity index is 486. The van der Waals surface area contributed by atoms with Crippen LogP contribution < -0.4 is 4.74 Å². The molecule has 0 N–H and O–H groups in total. The Morgan fingerprint density at radius 1 is 1.47 bits per heavy atom. The number of rotatable bonds is 2. The number of aromatic nitrogens is 1. The fourth-order valence-electron chi connectivity index (χ4n) is 1.11. The fraction of sp³-hybridized carbons (Fsp3) is 0.100. The minimum atomic E-state index is 0.463. The second-order valence-corrected chi connectivity index (χ2v) is 5.07. The van der Waals surface area contributed by atoms with E-state index in [-0.39, 0.29) is 0 Å². The van der Waals surface area contributed by atoms with Crippen LogP contribution in [0.3, 0.4) is 0 Å². The van der Waals surface area contributed by atoms with E-state index in [1.165, 1.54) is 11.3 Å². The molecule has 0 aliphatic carbocycles. The van der Waals surface area contributed by atoms with E-state index in [0.717, 1.165) is 15.8 Å². The zero-order chi connectivity index (χ0) is 10.8. The molecular weight excluding hydrogens is 298 g/mol. The van der Waals surface area contributed by atoms with E-state index in [1.54, 1.807) is 5.38 Å². The van der Waals surface area contributed by atoms with Gasteiger partial charge in [0.15, 0.2) is 0 Å². The molecule has 1 aromatic heterocycles. The van der Waals surface area contributed by atoms with E-state index in [1.807, 2.05) is 25.1 Å². The molecule has 0 atom stereocenters. The monoisotopic (exact) mass is 303 g/mol. The highest BCUT2D eigenvalue weighted by atomic mass is 79.9. The minimum absolute atomic E-state index is 0.463. The van der Waals surface area contributed by atoms with Crippen LogP contribution in [0.25, 0.3) is 0 Å². The average molecular weight is 305 g/mol. The van der Waals surface area contributed by atoms with Crippen molar-refractivity contribution in [2.45, 2.75) is 6.92 Å². The van der Waals surface area contributed by atoms with Gasteiger partial charge in [-0.2, -0.15) is 4.98 Å². The number of nitrogens with zero attached hydrogens (tertiary/aromatic N) is 1.